The summed E-state index contributed by atoms with van der Waals surface area (Å²) < 4.78 is 0. The molecule has 3 heteroatoms. The Kier molecular flexibility index (Phi) is 4.69. The van der Waals surface area contributed by atoms with E-state index in [1.54, 1.807) is 0 Å². The number of guanidine groups is 1. The molecule has 2 N–H and O–H groups in total. The highest BCUT2D eigenvalue weighted by Crippen LogP contribution is 2.30. The minimum atomic E-state index is 0.692. The second-order valence-electron chi connectivity index (χ2n) is 5.67. The van der Waals surface area contributed by atoms with Crippen LogP contribution < -0.4 is 10.6 Å². The molecule has 0 saturated heterocycles. The lowest BCUT2D eigenvalue weighted by Gasteiger charge is -2.28. The topological polar surface area (TPSA) is 36.4 Å². The fraction of sp³-hybridized carbons (Fsp3) is 0.929. The zero-order valence-corrected chi connectivity index (χ0v) is 11.3. The number of aliphatic imine (C=N–C) groups is 1. The van der Waals surface area contributed by atoms with E-state index in [-0.39, 0.29) is 0 Å². The third-order valence-electron chi connectivity index (χ3n) is 4.24. The molecule has 0 radical (unpaired) electrons. The van der Waals surface area contributed by atoms with Crippen molar-refractivity contribution in [2.45, 2.75) is 57.9 Å². The SMILES string of the molecule is CCC1CCC(CNC(=NC)NC2CC2)CC1. The molecule has 0 aromatic heterocycles. The number of nitrogens with one attached hydrogen (secondary N) is 2. The van der Waals surface area contributed by atoms with Gasteiger partial charge in [-0.2, -0.15) is 0 Å². The predicted molar refractivity (Wildman–Crippen MR) is 73.3 cm³/mol. The van der Waals surface area contributed by atoms with Crippen LogP contribution in [0.15, 0.2) is 4.99 Å². The molecule has 0 heterocycles. The van der Waals surface area contributed by atoms with Crippen molar-refractivity contribution in [1.29, 1.82) is 0 Å². The fourth-order valence-corrected chi connectivity index (χ4v) is 2.70. The highest BCUT2D eigenvalue weighted by atomic mass is 15.2. The predicted octanol–water partition coefficient (Wildman–Crippen LogP) is 2.53. The summed E-state index contributed by atoms with van der Waals surface area (Å²) in [7, 11) is 1.87. The molecule has 0 aromatic rings. The molecule has 0 unspecified atom stereocenters. The Hall–Kier alpha value is -0.730. The van der Waals surface area contributed by atoms with E-state index in [1.807, 2.05) is 7.05 Å². The van der Waals surface area contributed by atoms with Gasteiger partial charge in [0, 0.05) is 19.6 Å². The van der Waals surface area contributed by atoms with Crippen LogP contribution in [-0.4, -0.2) is 25.6 Å². The molecule has 0 bridgehead atoms. The van der Waals surface area contributed by atoms with Gasteiger partial charge in [0.25, 0.3) is 0 Å². The molecular weight excluding hydrogens is 210 g/mol. The van der Waals surface area contributed by atoms with Crippen molar-refractivity contribution in [3.63, 3.8) is 0 Å². The monoisotopic (exact) mass is 237 g/mol. The second kappa shape index (κ2) is 6.27. The average molecular weight is 237 g/mol. The van der Waals surface area contributed by atoms with Gasteiger partial charge in [-0.15, -0.1) is 0 Å². The highest BCUT2D eigenvalue weighted by Gasteiger charge is 2.23. The lowest BCUT2D eigenvalue weighted by atomic mass is 9.81. The van der Waals surface area contributed by atoms with Crippen molar-refractivity contribution in [1.82, 2.24) is 10.6 Å². The first-order valence-corrected chi connectivity index (χ1v) is 7.29. The van der Waals surface area contributed by atoms with E-state index in [9.17, 15) is 0 Å². The smallest absolute Gasteiger partial charge is 0.191 e. The molecule has 98 valence electrons. The van der Waals surface area contributed by atoms with Crippen LogP contribution in [0.3, 0.4) is 0 Å². The Bertz CT molecular complexity index is 250. The number of hydrogen-bond donors (Lipinski definition) is 2. The zero-order valence-electron chi connectivity index (χ0n) is 11.3. The molecule has 2 aliphatic carbocycles. The molecule has 0 atom stereocenters. The van der Waals surface area contributed by atoms with Gasteiger partial charge < -0.3 is 10.6 Å². The van der Waals surface area contributed by atoms with Gasteiger partial charge in [-0.25, -0.2) is 0 Å². The van der Waals surface area contributed by atoms with E-state index in [4.69, 9.17) is 0 Å². The highest BCUT2D eigenvalue weighted by molar-refractivity contribution is 5.80. The largest absolute Gasteiger partial charge is 0.356 e. The van der Waals surface area contributed by atoms with E-state index in [1.165, 1.54) is 44.9 Å². The number of nitrogens with zero attached hydrogens (tertiary/aromatic N) is 1. The number of rotatable bonds is 4. The summed E-state index contributed by atoms with van der Waals surface area (Å²) in [6.45, 7) is 3.42. The number of hydrogen-bond acceptors (Lipinski definition) is 1. The van der Waals surface area contributed by atoms with E-state index in [2.05, 4.69) is 22.5 Å². The minimum Gasteiger partial charge on any atom is -0.356 e. The third kappa shape index (κ3) is 4.21. The van der Waals surface area contributed by atoms with Gasteiger partial charge in [-0.05, 0) is 37.5 Å². The van der Waals surface area contributed by atoms with E-state index in [0.29, 0.717) is 6.04 Å². The summed E-state index contributed by atoms with van der Waals surface area (Å²) >= 11 is 0. The van der Waals surface area contributed by atoms with E-state index in [0.717, 1.165) is 24.3 Å². The summed E-state index contributed by atoms with van der Waals surface area (Å²) in [5.74, 6) is 2.86. The molecular formula is C14H27N3. The second-order valence-corrected chi connectivity index (χ2v) is 5.67. The summed E-state index contributed by atoms with van der Waals surface area (Å²) in [5, 5.41) is 6.92. The fourth-order valence-electron chi connectivity index (χ4n) is 2.70. The maximum Gasteiger partial charge on any atom is 0.191 e. The van der Waals surface area contributed by atoms with Crippen LogP contribution in [-0.2, 0) is 0 Å². The van der Waals surface area contributed by atoms with Gasteiger partial charge in [0.15, 0.2) is 5.96 Å². The lowest BCUT2D eigenvalue weighted by Crippen LogP contribution is -2.41. The van der Waals surface area contributed by atoms with Crippen LogP contribution in [0.2, 0.25) is 0 Å². The molecule has 2 saturated carbocycles. The molecule has 0 spiro atoms. The van der Waals surface area contributed by atoms with Crippen molar-refractivity contribution in [2.75, 3.05) is 13.6 Å². The van der Waals surface area contributed by atoms with Crippen molar-refractivity contribution in [3.8, 4) is 0 Å². The molecule has 2 aliphatic rings. The van der Waals surface area contributed by atoms with Crippen LogP contribution >= 0.6 is 0 Å². The summed E-state index contributed by atoms with van der Waals surface area (Å²) in [4.78, 5) is 4.28. The Morgan fingerprint density at radius 2 is 1.71 bits per heavy atom. The van der Waals surface area contributed by atoms with Crippen LogP contribution in [0.1, 0.15) is 51.9 Å². The van der Waals surface area contributed by atoms with Crippen LogP contribution in [0.4, 0.5) is 0 Å². The van der Waals surface area contributed by atoms with Crippen LogP contribution in [0, 0.1) is 11.8 Å². The average Bonchev–Trinajstić information content (AvgIpc) is 3.19. The standard InChI is InChI=1S/C14H27N3/c1-3-11-4-6-12(7-5-11)10-16-14(15-2)17-13-8-9-13/h11-13H,3-10H2,1-2H3,(H2,15,16,17). The molecule has 2 rings (SSSR count). The first-order valence-electron chi connectivity index (χ1n) is 7.29. The first-order chi connectivity index (χ1) is 8.31. The van der Waals surface area contributed by atoms with Gasteiger partial charge in [0.05, 0.1) is 0 Å². The van der Waals surface area contributed by atoms with Crippen molar-refractivity contribution in [2.24, 2.45) is 16.8 Å². The van der Waals surface area contributed by atoms with E-state index < -0.39 is 0 Å². The van der Waals surface area contributed by atoms with Crippen LogP contribution in [0.5, 0.6) is 0 Å². The van der Waals surface area contributed by atoms with E-state index >= 15 is 0 Å². The molecule has 2 fully saturated rings. The summed E-state index contributed by atoms with van der Waals surface area (Å²) in [6.07, 6.45) is 9.63. The van der Waals surface area contributed by atoms with Gasteiger partial charge in [0.1, 0.15) is 0 Å². The van der Waals surface area contributed by atoms with Gasteiger partial charge >= 0.3 is 0 Å². The third-order valence-corrected chi connectivity index (χ3v) is 4.24. The summed E-state index contributed by atoms with van der Waals surface area (Å²) in [6, 6.07) is 0.692. The maximum atomic E-state index is 4.28. The molecule has 0 amide bonds. The lowest BCUT2D eigenvalue weighted by molar-refractivity contribution is 0.269. The normalized spacial score (nSPS) is 30.1. The molecule has 0 aromatic carbocycles. The Morgan fingerprint density at radius 3 is 2.24 bits per heavy atom. The first kappa shape index (κ1) is 12.7. The van der Waals surface area contributed by atoms with Crippen molar-refractivity contribution >= 4 is 5.96 Å². The van der Waals surface area contributed by atoms with Gasteiger partial charge in [0.2, 0.25) is 0 Å². The maximum absolute atomic E-state index is 4.28. The Morgan fingerprint density at radius 1 is 1.06 bits per heavy atom. The van der Waals surface area contributed by atoms with Crippen LogP contribution in [0.25, 0.3) is 0 Å². The molecule has 3 nitrogen and oxygen atoms in total. The molecule has 0 aliphatic heterocycles. The Labute approximate surface area is 105 Å². The minimum absolute atomic E-state index is 0.692. The van der Waals surface area contributed by atoms with Crippen molar-refractivity contribution in [3.05, 3.63) is 0 Å². The quantitative estimate of drug-likeness (QED) is 0.582. The van der Waals surface area contributed by atoms with Gasteiger partial charge in [-0.3, -0.25) is 4.99 Å². The summed E-state index contributed by atoms with van der Waals surface area (Å²) in [5.41, 5.74) is 0. The zero-order chi connectivity index (χ0) is 12.1. The molecule has 17 heavy (non-hydrogen) atoms. The van der Waals surface area contributed by atoms with Crippen molar-refractivity contribution < 1.29 is 0 Å². The van der Waals surface area contributed by atoms with Gasteiger partial charge in [-0.1, -0.05) is 26.2 Å². The Balaban J connectivity index is 1.63.